The molecule has 2 heterocycles. The Hall–Kier alpha value is -2.23. The summed E-state index contributed by atoms with van der Waals surface area (Å²) in [7, 11) is 1.98. The second-order valence-corrected chi connectivity index (χ2v) is 4.92. The third-order valence-corrected chi connectivity index (χ3v) is 3.71. The SMILES string of the molecule is Cc1nn(-c2ccccc2)c2c1N(C)C(C)C(O)=C2. The van der Waals surface area contributed by atoms with Crippen molar-refractivity contribution in [1.29, 1.82) is 0 Å². The molecule has 1 aromatic heterocycles. The van der Waals surface area contributed by atoms with Gasteiger partial charge in [-0.25, -0.2) is 4.68 Å². The van der Waals surface area contributed by atoms with Gasteiger partial charge in [-0.15, -0.1) is 0 Å². The maximum Gasteiger partial charge on any atom is 0.117 e. The van der Waals surface area contributed by atoms with Crippen molar-refractivity contribution in [2.24, 2.45) is 0 Å². The molecule has 1 aliphatic heterocycles. The Morgan fingerprint density at radius 1 is 1.21 bits per heavy atom. The van der Waals surface area contributed by atoms with Gasteiger partial charge in [0.2, 0.25) is 0 Å². The Kier molecular flexibility index (Phi) is 2.59. The zero-order valence-corrected chi connectivity index (χ0v) is 11.3. The van der Waals surface area contributed by atoms with Crippen LogP contribution in [0, 0.1) is 6.92 Å². The minimum atomic E-state index is -0.0142. The molecule has 4 nitrogen and oxygen atoms in total. The molecule has 2 aromatic rings. The molecule has 1 unspecified atom stereocenters. The molecule has 0 saturated carbocycles. The highest BCUT2D eigenvalue weighted by atomic mass is 16.3. The van der Waals surface area contributed by atoms with Crippen LogP contribution >= 0.6 is 0 Å². The Morgan fingerprint density at radius 3 is 2.58 bits per heavy atom. The van der Waals surface area contributed by atoms with Gasteiger partial charge in [0.25, 0.3) is 0 Å². The molecule has 0 aliphatic carbocycles. The van der Waals surface area contributed by atoms with Gasteiger partial charge in [-0.05, 0) is 26.0 Å². The first kappa shape index (κ1) is 11.8. The van der Waals surface area contributed by atoms with Gasteiger partial charge in [0.1, 0.15) is 5.76 Å². The van der Waals surface area contributed by atoms with Crippen molar-refractivity contribution >= 4 is 11.8 Å². The van der Waals surface area contributed by atoms with Gasteiger partial charge >= 0.3 is 0 Å². The van der Waals surface area contributed by atoms with E-state index in [9.17, 15) is 5.11 Å². The first-order chi connectivity index (χ1) is 9.09. The highest BCUT2D eigenvalue weighted by Crippen LogP contribution is 2.34. The number of hydrogen-bond donors (Lipinski definition) is 1. The van der Waals surface area contributed by atoms with Crippen LogP contribution in [0.15, 0.2) is 36.1 Å². The number of anilines is 1. The van der Waals surface area contributed by atoms with E-state index < -0.39 is 0 Å². The molecule has 1 aliphatic rings. The number of hydrogen-bond acceptors (Lipinski definition) is 3. The minimum absolute atomic E-state index is 0.0142. The lowest BCUT2D eigenvalue weighted by Gasteiger charge is -2.30. The molecule has 19 heavy (non-hydrogen) atoms. The Balaban J connectivity index is 2.23. The molecule has 0 spiro atoms. The first-order valence-electron chi connectivity index (χ1n) is 6.38. The molecular formula is C15H17N3O. The molecule has 1 aromatic carbocycles. The summed E-state index contributed by atoms with van der Waals surface area (Å²) in [6.45, 7) is 3.98. The summed E-state index contributed by atoms with van der Waals surface area (Å²) >= 11 is 0. The standard InChI is InChI=1S/C15H17N3O/c1-10-15-13(9-14(19)11(2)17(15)3)18(16-10)12-7-5-4-6-8-12/h4-9,11,19H,1-3H3. The van der Waals surface area contributed by atoms with Crippen molar-refractivity contribution in [3.63, 3.8) is 0 Å². The third kappa shape index (κ3) is 1.71. The molecule has 0 bridgehead atoms. The molecule has 0 fully saturated rings. The van der Waals surface area contributed by atoms with E-state index in [1.54, 1.807) is 0 Å². The fraction of sp³-hybridized carbons (Fsp3) is 0.267. The number of rotatable bonds is 1. The Bertz CT molecular complexity index is 643. The molecule has 4 heteroatoms. The van der Waals surface area contributed by atoms with Crippen molar-refractivity contribution in [3.05, 3.63) is 47.5 Å². The van der Waals surface area contributed by atoms with Crippen molar-refractivity contribution in [2.45, 2.75) is 19.9 Å². The second kappa shape index (κ2) is 4.16. The van der Waals surface area contributed by atoms with E-state index in [2.05, 4.69) is 10.00 Å². The highest BCUT2D eigenvalue weighted by Gasteiger charge is 2.28. The largest absolute Gasteiger partial charge is 0.510 e. The van der Waals surface area contributed by atoms with Crippen LogP contribution in [0.25, 0.3) is 11.8 Å². The fourth-order valence-corrected chi connectivity index (χ4v) is 2.52. The van der Waals surface area contributed by atoms with Gasteiger partial charge in [-0.3, -0.25) is 0 Å². The summed E-state index contributed by atoms with van der Waals surface area (Å²) in [4.78, 5) is 2.06. The Morgan fingerprint density at radius 2 is 1.89 bits per heavy atom. The third-order valence-electron chi connectivity index (χ3n) is 3.71. The number of aliphatic hydroxyl groups is 1. The van der Waals surface area contributed by atoms with Crippen molar-refractivity contribution in [3.8, 4) is 5.69 Å². The van der Waals surface area contributed by atoms with E-state index in [1.165, 1.54) is 0 Å². The number of fused-ring (bicyclic) bond motifs is 1. The van der Waals surface area contributed by atoms with Gasteiger partial charge in [0.15, 0.2) is 0 Å². The summed E-state index contributed by atoms with van der Waals surface area (Å²) in [5.74, 6) is 0.368. The summed E-state index contributed by atoms with van der Waals surface area (Å²) in [6, 6.07) is 9.95. The van der Waals surface area contributed by atoms with Crippen LogP contribution in [0.5, 0.6) is 0 Å². The van der Waals surface area contributed by atoms with Crippen LogP contribution in [-0.4, -0.2) is 28.0 Å². The fourth-order valence-electron chi connectivity index (χ4n) is 2.52. The smallest absolute Gasteiger partial charge is 0.117 e. The van der Waals surface area contributed by atoms with Crippen LogP contribution in [0.3, 0.4) is 0 Å². The quantitative estimate of drug-likeness (QED) is 0.851. The molecule has 1 atom stereocenters. The summed E-state index contributed by atoms with van der Waals surface area (Å²) in [5, 5.41) is 14.7. The molecule has 1 N–H and O–H groups in total. The van der Waals surface area contributed by atoms with E-state index in [4.69, 9.17) is 0 Å². The predicted molar refractivity (Wildman–Crippen MR) is 76.8 cm³/mol. The van der Waals surface area contributed by atoms with Gasteiger partial charge in [0.05, 0.1) is 28.8 Å². The van der Waals surface area contributed by atoms with Crippen molar-refractivity contribution < 1.29 is 5.11 Å². The molecule has 98 valence electrons. The lowest BCUT2D eigenvalue weighted by atomic mass is 10.1. The average molecular weight is 255 g/mol. The van der Waals surface area contributed by atoms with E-state index in [1.807, 2.05) is 62.0 Å². The first-order valence-corrected chi connectivity index (χ1v) is 6.38. The predicted octanol–water partition coefficient (Wildman–Crippen LogP) is 2.92. The number of nitrogens with zero attached hydrogens (tertiary/aromatic N) is 3. The number of aliphatic hydroxyl groups excluding tert-OH is 1. The van der Waals surface area contributed by atoms with Gasteiger partial charge in [0, 0.05) is 13.1 Å². The number of para-hydroxylation sites is 1. The van der Waals surface area contributed by atoms with Crippen LogP contribution in [0.1, 0.15) is 18.3 Å². The summed E-state index contributed by atoms with van der Waals surface area (Å²) in [6.07, 6.45) is 1.81. The zero-order chi connectivity index (χ0) is 13.6. The average Bonchev–Trinajstić information content (AvgIpc) is 2.74. The summed E-state index contributed by atoms with van der Waals surface area (Å²) in [5.41, 5.74) is 3.98. The van der Waals surface area contributed by atoms with Gasteiger partial charge in [-0.1, -0.05) is 18.2 Å². The molecule has 0 saturated heterocycles. The number of likely N-dealkylation sites (N-methyl/N-ethyl adjacent to an activating group) is 1. The van der Waals surface area contributed by atoms with Crippen molar-refractivity contribution in [2.75, 3.05) is 11.9 Å². The topological polar surface area (TPSA) is 41.3 Å². The lowest BCUT2D eigenvalue weighted by molar-refractivity contribution is 0.373. The van der Waals surface area contributed by atoms with Crippen LogP contribution in [0.2, 0.25) is 0 Å². The van der Waals surface area contributed by atoms with Gasteiger partial charge < -0.3 is 10.0 Å². The monoisotopic (exact) mass is 255 g/mol. The number of benzene rings is 1. The second-order valence-electron chi connectivity index (χ2n) is 4.92. The molecule has 0 amide bonds. The molecular weight excluding hydrogens is 238 g/mol. The summed E-state index contributed by atoms with van der Waals surface area (Å²) < 4.78 is 1.88. The van der Waals surface area contributed by atoms with E-state index in [0.29, 0.717) is 5.76 Å². The van der Waals surface area contributed by atoms with E-state index in [0.717, 1.165) is 22.8 Å². The van der Waals surface area contributed by atoms with E-state index in [-0.39, 0.29) is 6.04 Å². The minimum Gasteiger partial charge on any atom is -0.510 e. The van der Waals surface area contributed by atoms with Crippen LogP contribution in [-0.2, 0) is 0 Å². The van der Waals surface area contributed by atoms with Crippen LogP contribution < -0.4 is 4.90 Å². The lowest BCUT2D eigenvalue weighted by Crippen LogP contribution is -2.33. The maximum absolute atomic E-state index is 10.1. The van der Waals surface area contributed by atoms with Gasteiger partial charge in [-0.2, -0.15) is 5.10 Å². The number of aryl methyl sites for hydroxylation is 1. The maximum atomic E-state index is 10.1. The normalized spacial score (nSPS) is 18.2. The Labute approximate surface area is 112 Å². The zero-order valence-electron chi connectivity index (χ0n) is 11.3. The van der Waals surface area contributed by atoms with Crippen LogP contribution in [0.4, 0.5) is 5.69 Å². The van der Waals surface area contributed by atoms with E-state index >= 15 is 0 Å². The number of aromatic nitrogens is 2. The molecule has 0 radical (unpaired) electrons. The molecule has 3 rings (SSSR count). The highest BCUT2D eigenvalue weighted by molar-refractivity contribution is 5.74. The van der Waals surface area contributed by atoms with Crippen molar-refractivity contribution in [1.82, 2.24) is 9.78 Å².